The fourth-order valence-electron chi connectivity index (χ4n) is 1.66. The Morgan fingerprint density at radius 2 is 1.86 bits per heavy atom. The first-order chi connectivity index (χ1) is 10.0. The normalized spacial score (nSPS) is 11.5. The number of nitrogens with one attached hydrogen (secondary N) is 1. The van der Waals surface area contributed by atoms with E-state index in [9.17, 15) is 8.42 Å². The van der Waals surface area contributed by atoms with E-state index >= 15 is 0 Å². The maximum absolute atomic E-state index is 12.1. The Morgan fingerprint density at radius 3 is 2.52 bits per heavy atom. The lowest BCUT2D eigenvalue weighted by Gasteiger charge is -2.01. The van der Waals surface area contributed by atoms with Crippen molar-refractivity contribution in [2.75, 3.05) is 4.72 Å². The lowest BCUT2D eigenvalue weighted by atomic mass is 10.2. The highest BCUT2D eigenvalue weighted by Gasteiger charge is 2.17. The maximum Gasteiger partial charge on any atom is 0.273 e. The van der Waals surface area contributed by atoms with Gasteiger partial charge in [0.2, 0.25) is 0 Å². The molecule has 2 heterocycles. The first-order valence-electron chi connectivity index (χ1n) is 5.82. The third kappa shape index (κ3) is 3.26. The van der Waals surface area contributed by atoms with Crippen LogP contribution >= 0.6 is 34.3 Å². The van der Waals surface area contributed by atoms with E-state index in [1.807, 2.05) is 12.1 Å². The van der Waals surface area contributed by atoms with Crippen molar-refractivity contribution < 1.29 is 8.42 Å². The van der Waals surface area contributed by atoms with Gasteiger partial charge >= 0.3 is 0 Å². The fourth-order valence-corrected chi connectivity index (χ4v) is 4.75. The van der Waals surface area contributed by atoms with Crippen molar-refractivity contribution >= 4 is 49.4 Å². The number of benzene rings is 1. The van der Waals surface area contributed by atoms with Crippen molar-refractivity contribution in [2.24, 2.45) is 0 Å². The van der Waals surface area contributed by atoms with Crippen LogP contribution in [0.4, 0.5) is 5.13 Å². The highest BCUT2D eigenvalue weighted by molar-refractivity contribution is 7.94. The Labute approximate surface area is 135 Å². The lowest BCUT2D eigenvalue weighted by Crippen LogP contribution is -2.11. The number of halogens is 1. The summed E-state index contributed by atoms with van der Waals surface area (Å²) in [4.78, 5) is 4.30. The highest BCUT2D eigenvalue weighted by Crippen LogP contribution is 2.28. The third-order valence-corrected chi connectivity index (χ3v) is 6.50. The smallest absolute Gasteiger partial charge is 0.254 e. The zero-order valence-corrected chi connectivity index (χ0v) is 13.7. The van der Waals surface area contributed by atoms with E-state index in [0.717, 1.165) is 5.56 Å². The number of hydrogen-bond acceptors (Lipinski definition) is 5. The maximum atomic E-state index is 12.1. The summed E-state index contributed by atoms with van der Waals surface area (Å²) in [5, 5.41) is 4.51. The molecule has 0 saturated heterocycles. The first kappa shape index (κ1) is 14.5. The predicted molar refractivity (Wildman–Crippen MR) is 87.7 cm³/mol. The molecule has 2 aromatic heterocycles. The predicted octanol–water partition coefficient (Wildman–Crippen LogP) is 4.33. The van der Waals surface area contributed by atoms with E-state index in [-0.39, 0.29) is 4.21 Å². The summed E-state index contributed by atoms with van der Waals surface area (Å²) in [5.74, 6) is 0. The average molecular weight is 357 g/mol. The highest BCUT2D eigenvalue weighted by atomic mass is 35.5. The van der Waals surface area contributed by atoms with Crippen molar-refractivity contribution in [1.29, 1.82) is 0 Å². The van der Waals surface area contributed by atoms with E-state index in [0.29, 0.717) is 15.8 Å². The molecule has 0 saturated carbocycles. The summed E-state index contributed by atoms with van der Waals surface area (Å²) >= 11 is 8.25. The molecule has 1 N–H and O–H groups in total. The SMILES string of the molecule is O=S(=O)(Nc1nc(-c2ccc(Cl)cc2)cs1)c1cccs1. The fraction of sp³-hybridized carbons (Fsp3) is 0. The van der Waals surface area contributed by atoms with Crippen LogP contribution in [0.5, 0.6) is 0 Å². The topological polar surface area (TPSA) is 59.1 Å². The Morgan fingerprint density at radius 1 is 1.10 bits per heavy atom. The van der Waals surface area contributed by atoms with Gasteiger partial charge in [-0.05, 0) is 23.6 Å². The first-order valence-corrected chi connectivity index (χ1v) is 9.44. The summed E-state index contributed by atoms with van der Waals surface area (Å²) in [7, 11) is -3.55. The van der Waals surface area contributed by atoms with Crippen LogP contribution in [0.2, 0.25) is 5.02 Å². The van der Waals surface area contributed by atoms with E-state index < -0.39 is 10.0 Å². The molecule has 3 rings (SSSR count). The number of nitrogens with zero attached hydrogens (tertiary/aromatic N) is 1. The molecule has 0 bridgehead atoms. The van der Waals surface area contributed by atoms with Gasteiger partial charge in [-0.3, -0.25) is 4.72 Å². The van der Waals surface area contributed by atoms with Gasteiger partial charge in [-0.1, -0.05) is 29.8 Å². The quantitative estimate of drug-likeness (QED) is 0.757. The van der Waals surface area contributed by atoms with Gasteiger partial charge in [-0.15, -0.1) is 22.7 Å². The van der Waals surface area contributed by atoms with E-state index in [4.69, 9.17) is 11.6 Å². The summed E-state index contributed by atoms with van der Waals surface area (Å²) in [5.41, 5.74) is 1.60. The average Bonchev–Trinajstić information content (AvgIpc) is 3.10. The largest absolute Gasteiger partial charge is 0.273 e. The van der Waals surface area contributed by atoms with Crippen molar-refractivity contribution in [3.63, 3.8) is 0 Å². The molecule has 0 aliphatic carbocycles. The molecule has 8 heteroatoms. The summed E-state index contributed by atoms with van der Waals surface area (Å²) in [6, 6.07) is 10.5. The molecule has 0 amide bonds. The minimum atomic E-state index is -3.55. The molecule has 108 valence electrons. The van der Waals surface area contributed by atoms with Crippen molar-refractivity contribution in [3.05, 3.63) is 52.2 Å². The molecule has 0 radical (unpaired) electrons. The van der Waals surface area contributed by atoms with Crippen molar-refractivity contribution in [2.45, 2.75) is 4.21 Å². The number of thiophene rings is 1. The van der Waals surface area contributed by atoms with Gasteiger partial charge in [-0.25, -0.2) is 13.4 Å². The summed E-state index contributed by atoms with van der Waals surface area (Å²) < 4.78 is 27.0. The third-order valence-electron chi connectivity index (χ3n) is 2.63. The molecule has 0 aliphatic rings. The van der Waals surface area contributed by atoms with Gasteiger partial charge in [0.15, 0.2) is 5.13 Å². The molecule has 4 nitrogen and oxygen atoms in total. The van der Waals surface area contributed by atoms with Gasteiger partial charge in [0.1, 0.15) is 4.21 Å². The standard InChI is InChI=1S/C13H9ClN2O2S3/c14-10-5-3-9(4-6-10)11-8-20-13(15-11)16-21(17,18)12-2-1-7-19-12/h1-8H,(H,15,16). The second-order valence-electron chi connectivity index (χ2n) is 4.08. The second kappa shape index (κ2) is 5.76. The second-order valence-corrected chi connectivity index (χ2v) is 8.23. The van der Waals surface area contributed by atoms with Crippen LogP contribution < -0.4 is 4.72 Å². The molecular weight excluding hydrogens is 348 g/mol. The van der Waals surface area contributed by atoms with E-state index in [1.54, 1.807) is 35.0 Å². The zero-order valence-electron chi connectivity index (χ0n) is 10.5. The Balaban J connectivity index is 1.84. The summed E-state index contributed by atoms with van der Waals surface area (Å²) in [6.07, 6.45) is 0. The number of thiazole rings is 1. The number of hydrogen-bond donors (Lipinski definition) is 1. The van der Waals surface area contributed by atoms with Crippen molar-refractivity contribution in [1.82, 2.24) is 4.98 Å². The van der Waals surface area contributed by atoms with Gasteiger partial charge < -0.3 is 0 Å². The minimum Gasteiger partial charge on any atom is -0.254 e. The number of anilines is 1. The Bertz CT molecular complexity index is 840. The number of sulfonamides is 1. The lowest BCUT2D eigenvalue weighted by molar-refractivity contribution is 0.603. The molecule has 1 aromatic carbocycles. The van der Waals surface area contributed by atoms with Crippen LogP contribution in [0.25, 0.3) is 11.3 Å². The zero-order chi connectivity index (χ0) is 14.9. The van der Waals surface area contributed by atoms with Crippen LogP contribution in [0, 0.1) is 0 Å². The summed E-state index contributed by atoms with van der Waals surface area (Å²) in [6.45, 7) is 0. The van der Waals surface area contributed by atoms with Crippen LogP contribution in [0.15, 0.2) is 51.4 Å². The Kier molecular flexibility index (Phi) is 3.99. The monoisotopic (exact) mass is 356 g/mol. The van der Waals surface area contributed by atoms with Crippen LogP contribution in [-0.2, 0) is 10.0 Å². The van der Waals surface area contributed by atoms with Gasteiger partial charge in [0.05, 0.1) is 5.69 Å². The van der Waals surface area contributed by atoms with Gasteiger partial charge in [0.25, 0.3) is 10.0 Å². The molecule has 0 atom stereocenters. The van der Waals surface area contributed by atoms with E-state index in [2.05, 4.69) is 9.71 Å². The molecule has 3 aromatic rings. The van der Waals surface area contributed by atoms with Crippen LogP contribution in [0.1, 0.15) is 0 Å². The number of aromatic nitrogens is 1. The Hall–Kier alpha value is -1.41. The molecule has 0 fully saturated rings. The molecule has 0 aliphatic heterocycles. The molecular formula is C13H9ClN2O2S3. The molecule has 0 unspecified atom stereocenters. The number of rotatable bonds is 4. The van der Waals surface area contributed by atoms with Crippen LogP contribution in [-0.4, -0.2) is 13.4 Å². The van der Waals surface area contributed by atoms with Crippen LogP contribution in [0.3, 0.4) is 0 Å². The van der Waals surface area contributed by atoms with Gasteiger partial charge in [-0.2, -0.15) is 0 Å². The minimum absolute atomic E-state index is 0.269. The van der Waals surface area contributed by atoms with Gasteiger partial charge in [0, 0.05) is 16.0 Å². The van der Waals surface area contributed by atoms with E-state index in [1.165, 1.54) is 22.7 Å². The molecule has 21 heavy (non-hydrogen) atoms. The molecule has 0 spiro atoms. The van der Waals surface area contributed by atoms with Crippen molar-refractivity contribution in [3.8, 4) is 11.3 Å².